The summed E-state index contributed by atoms with van der Waals surface area (Å²) < 4.78 is 14.8. The van der Waals surface area contributed by atoms with Gasteiger partial charge in [-0.15, -0.1) is 0 Å². The number of allylic oxidation sites excluding steroid dienone is 1. The van der Waals surface area contributed by atoms with Gasteiger partial charge in [-0.05, 0) is 33.6 Å². The van der Waals surface area contributed by atoms with Gasteiger partial charge in [0.05, 0.1) is 15.7 Å². The minimum Gasteiger partial charge on any atom is -0.242 e. The van der Waals surface area contributed by atoms with Gasteiger partial charge in [0.1, 0.15) is 0 Å². The molecular weight excluding hydrogens is 206 g/mol. The Morgan fingerprint density at radius 3 is 2.33 bits per heavy atom. The van der Waals surface area contributed by atoms with Gasteiger partial charge in [0.2, 0.25) is 0 Å². The largest absolute Gasteiger partial charge is 0.242 e. The molecule has 1 N–H and O–H groups in total. The summed E-state index contributed by atoms with van der Waals surface area (Å²) >= 11 is 0. The first-order chi connectivity index (χ1) is 6.91. The Labute approximate surface area is 97.1 Å². The number of hydrogen-bond donors (Lipinski definition) is 1. The molecule has 0 saturated heterocycles. The molecule has 0 bridgehead atoms. The molecule has 0 fully saturated rings. The van der Waals surface area contributed by atoms with E-state index in [1.807, 2.05) is 20.8 Å². The Morgan fingerprint density at radius 1 is 1.33 bits per heavy atom. The van der Waals surface area contributed by atoms with Crippen molar-refractivity contribution < 1.29 is 4.21 Å². The molecule has 90 valence electrons. The maximum absolute atomic E-state index is 11.8. The van der Waals surface area contributed by atoms with Crippen LogP contribution in [0.1, 0.15) is 53.9 Å². The van der Waals surface area contributed by atoms with Gasteiger partial charge < -0.3 is 0 Å². The third kappa shape index (κ3) is 6.85. The zero-order chi connectivity index (χ0) is 11.9. The second kappa shape index (κ2) is 7.18. The monoisotopic (exact) mass is 231 g/mol. The summed E-state index contributed by atoms with van der Waals surface area (Å²) in [5.41, 5.74) is 0. The Morgan fingerprint density at radius 2 is 1.93 bits per heavy atom. The number of unbranched alkanes of at least 4 members (excludes halogenated alkanes) is 1. The molecule has 0 aromatic carbocycles. The molecule has 0 aromatic rings. The maximum atomic E-state index is 11.8. The first kappa shape index (κ1) is 14.8. The first-order valence-corrected chi connectivity index (χ1v) is 6.91. The predicted octanol–water partition coefficient (Wildman–Crippen LogP) is 3.17. The van der Waals surface area contributed by atoms with E-state index < -0.39 is 11.0 Å². The van der Waals surface area contributed by atoms with Crippen molar-refractivity contribution in [2.75, 3.05) is 0 Å². The van der Waals surface area contributed by atoms with E-state index in [1.165, 1.54) is 0 Å². The van der Waals surface area contributed by atoms with Crippen LogP contribution in [0.3, 0.4) is 0 Å². The molecule has 0 aliphatic heterocycles. The Bertz CT molecular complexity index is 218. The zero-order valence-corrected chi connectivity index (χ0v) is 11.5. The van der Waals surface area contributed by atoms with Gasteiger partial charge in [0.25, 0.3) is 0 Å². The summed E-state index contributed by atoms with van der Waals surface area (Å²) in [6.07, 6.45) is 7.53. The molecule has 0 heterocycles. The quantitative estimate of drug-likeness (QED) is 0.699. The Balaban J connectivity index is 4.16. The number of nitrogens with one attached hydrogen (secondary N) is 1. The molecule has 0 spiro atoms. The molecule has 0 rings (SSSR count). The summed E-state index contributed by atoms with van der Waals surface area (Å²) in [6.45, 7) is 10.2. The molecule has 2 nitrogen and oxygen atoms in total. The van der Waals surface area contributed by atoms with Gasteiger partial charge in [-0.1, -0.05) is 32.4 Å². The molecule has 15 heavy (non-hydrogen) atoms. The molecule has 0 saturated carbocycles. The van der Waals surface area contributed by atoms with Gasteiger partial charge in [-0.3, -0.25) is 0 Å². The fourth-order valence-corrected chi connectivity index (χ4v) is 1.87. The lowest BCUT2D eigenvalue weighted by Crippen LogP contribution is -2.38. The van der Waals surface area contributed by atoms with Gasteiger partial charge in [0.15, 0.2) is 0 Å². The van der Waals surface area contributed by atoms with E-state index in [0.717, 1.165) is 19.3 Å². The van der Waals surface area contributed by atoms with E-state index in [4.69, 9.17) is 0 Å². The smallest absolute Gasteiger partial charge is 0.0975 e. The lowest BCUT2D eigenvalue weighted by atomic mass is 10.2. The normalized spacial score (nSPS) is 16.9. The molecular formula is C12H25NOS. The average molecular weight is 231 g/mol. The lowest BCUT2D eigenvalue weighted by Gasteiger charge is -2.21. The maximum Gasteiger partial charge on any atom is 0.0975 e. The van der Waals surface area contributed by atoms with Crippen LogP contribution in [-0.4, -0.2) is 15.0 Å². The summed E-state index contributed by atoms with van der Waals surface area (Å²) in [5, 5.41) is 0. The van der Waals surface area contributed by atoms with Gasteiger partial charge >= 0.3 is 0 Å². The Kier molecular flexibility index (Phi) is 7.11. The van der Waals surface area contributed by atoms with E-state index in [2.05, 4.69) is 30.7 Å². The van der Waals surface area contributed by atoms with E-state index in [1.54, 1.807) is 0 Å². The third-order valence-corrected chi connectivity index (χ3v) is 3.71. The highest BCUT2D eigenvalue weighted by atomic mass is 32.2. The second-order valence-electron chi connectivity index (χ2n) is 4.73. The first-order valence-electron chi connectivity index (χ1n) is 5.76. The highest BCUT2D eigenvalue weighted by molar-refractivity contribution is 7.84. The zero-order valence-electron chi connectivity index (χ0n) is 10.7. The van der Waals surface area contributed by atoms with Crippen LogP contribution in [0, 0.1) is 0 Å². The average Bonchev–Trinajstić information content (AvgIpc) is 2.14. The SMILES string of the molecule is CCC/C=C/[C@H](CC)N[S@](=O)C(C)(C)C. The lowest BCUT2D eigenvalue weighted by molar-refractivity contribution is 0.615. The minimum atomic E-state index is -0.974. The predicted molar refractivity (Wildman–Crippen MR) is 69.2 cm³/mol. The summed E-state index contributed by atoms with van der Waals surface area (Å²) in [7, 11) is -0.974. The minimum absolute atomic E-state index is 0.188. The molecule has 0 aromatic heterocycles. The molecule has 0 amide bonds. The summed E-state index contributed by atoms with van der Waals surface area (Å²) in [5.74, 6) is 0. The van der Waals surface area contributed by atoms with E-state index in [-0.39, 0.29) is 10.8 Å². The van der Waals surface area contributed by atoms with Crippen LogP contribution in [0.25, 0.3) is 0 Å². The van der Waals surface area contributed by atoms with E-state index in [0.29, 0.717) is 0 Å². The van der Waals surface area contributed by atoms with Crippen molar-refractivity contribution >= 4 is 11.0 Å². The number of rotatable bonds is 6. The van der Waals surface area contributed by atoms with Crippen molar-refractivity contribution in [1.82, 2.24) is 4.72 Å². The standard InChI is InChI=1S/C12H25NOS/c1-6-8-9-10-11(7-2)13-15(14)12(3,4)5/h9-11,13H,6-8H2,1-5H3/b10-9+/t11-,15+/m0/s1. The van der Waals surface area contributed by atoms with Crippen molar-refractivity contribution in [3.63, 3.8) is 0 Å². The topological polar surface area (TPSA) is 29.1 Å². The van der Waals surface area contributed by atoms with Crippen molar-refractivity contribution in [3.05, 3.63) is 12.2 Å². The van der Waals surface area contributed by atoms with Crippen LogP contribution >= 0.6 is 0 Å². The fourth-order valence-electron chi connectivity index (χ4n) is 1.00. The van der Waals surface area contributed by atoms with Crippen molar-refractivity contribution in [2.24, 2.45) is 0 Å². The second-order valence-corrected chi connectivity index (χ2v) is 6.73. The van der Waals surface area contributed by atoms with Crippen molar-refractivity contribution in [1.29, 1.82) is 0 Å². The Hall–Kier alpha value is -0.150. The van der Waals surface area contributed by atoms with E-state index >= 15 is 0 Å². The van der Waals surface area contributed by atoms with Gasteiger partial charge in [-0.25, -0.2) is 8.93 Å². The third-order valence-electron chi connectivity index (χ3n) is 2.08. The van der Waals surface area contributed by atoms with Crippen LogP contribution in [-0.2, 0) is 11.0 Å². The molecule has 0 aliphatic carbocycles. The van der Waals surface area contributed by atoms with Crippen LogP contribution in [0.5, 0.6) is 0 Å². The number of hydrogen-bond acceptors (Lipinski definition) is 1. The van der Waals surface area contributed by atoms with Crippen LogP contribution in [0.2, 0.25) is 0 Å². The van der Waals surface area contributed by atoms with Crippen LogP contribution < -0.4 is 4.72 Å². The van der Waals surface area contributed by atoms with Gasteiger partial charge in [-0.2, -0.15) is 0 Å². The molecule has 0 radical (unpaired) electrons. The highest BCUT2D eigenvalue weighted by Crippen LogP contribution is 2.10. The molecule has 2 atom stereocenters. The van der Waals surface area contributed by atoms with E-state index in [9.17, 15) is 4.21 Å². The highest BCUT2D eigenvalue weighted by Gasteiger charge is 2.20. The molecule has 3 heteroatoms. The van der Waals surface area contributed by atoms with Crippen LogP contribution in [0.4, 0.5) is 0 Å². The van der Waals surface area contributed by atoms with Crippen molar-refractivity contribution in [3.8, 4) is 0 Å². The molecule has 0 aliphatic rings. The molecule has 0 unspecified atom stereocenters. The summed E-state index contributed by atoms with van der Waals surface area (Å²) in [6, 6.07) is 0.233. The van der Waals surface area contributed by atoms with Crippen LogP contribution in [0.15, 0.2) is 12.2 Å². The summed E-state index contributed by atoms with van der Waals surface area (Å²) in [4.78, 5) is 0. The van der Waals surface area contributed by atoms with Crippen molar-refractivity contribution in [2.45, 2.75) is 64.7 Å². The van der Waals surface area contributed by atoms with Gasteiger partial charge in [0, 0.05) is 6.04 Å². The fraction of sp³-hybridized carbons (Fsp3) is 0.833.